The number of carboxylic acids is 1. The van der Waals surface area contributed by atoms with Crippen molar-refractivity contribution in [1.82, 2.24) is 4.98 Å². The molecule has 0 aliphatic carbocycles. The molecule has 1 aromatic rings. The molecule has 0 radical (unpaired) electrons. The molecule has 4 nitrogen and oxygen atoms in total. The van der Waals surface area contributed by atoms with Crippen LogP contribution in [0.5, 0.6) is 0 Å². The van der Waals surface area contributed by atoms with Crippen molar-refractivity contribution in [3.63, 3.8) is 0 Å². The number of carbonyl (C=O) groups is 1. The Morgan fingerprint density at radius 1 is 1.58 bits per heavy atom. The molecule has 0 spiro atoms. The molecule has 0 aromatic carbocycles. The van der Waals surface area contributed by atoms with Gasteiger partial charge in [0.15, 0.2) is 0 Å². The van der Waals surface area contributed by atoms with E-state index in [0.717, 1.165) is 6.08 Å². The summed E-state index contributed by atoms with van der Waals surface area (Å²) in [4.78, 5) is 14.0. The smallest absolute Gasteiger partial charge is 0.328 e. The number of nitrogen functional groups attached to an aromatic ring is 1. The summed E-state index contributed by atoms with van der Waals surface area (Å²) in [6.07, 6.45) is 2.40. The third-order valence-electron chi connectivity index (χ3n) is 1.19. The van der Waals surface area contributed by atoms with Crippen molar-refractivity contribution in [2.45, 2.75) is 0 Å². The van der Waals surface area contributed by atoms with E-state index in [1.54, 1.807) is 18.2 Å². The van der Waals surface area contributed by atoms with E-state index in [1.807, 2.05) is 0 Å². The SMILES string of the molecule is Nc1cccc(C=CC(=O)O)n1. The predicted octanol–water partition coefficient (Wildman–Crippen LogP) is 0.762. The monoisotopic (exact) mass is 164 g/mol. The second-order valence-electron chi connectivity index (χ2n) is 2.16. The third kappa shape index (κ3) is 2.42. The lowest BCUT2D eigenvalue weighted by molar-refractivity contribution is -0.131. The number of anilines is 1. The summed E-state index contributed by atoms with van der Waals surface area (Å²) in [6.45, 7) is 0. The zero-order valence-corrected chi connectivity index (χ0v) is 6.27. The zero-order valence-electron chi connectivity index (χ0n) is 6.27. The molecule has 0 atom stereocenters. The van der Waals surface area contributed by atoms with Crippen molar-refractivity contribution in [3.05, 3.63) is 30.0 Å². The van der Waals surface area contributed by atoms with Crippen LogP contribution < -0.4 is 5.73 Å². The average molecular weight is 164 g/mol. The minimum Gasteiger partial charge on any atom is -0.478 e. The molecule has 0 amide bonds. The summed E-state index contributed by atoms with van der Waals surface area (Å²) in [6, 6.07) is 5.03. The van der Waals surface area contributed by atoms with Crippen LogP contribution in [-0.4, -0.2) is 16.1 Å². The van der Waals surface area contributed by atoms with Crippen LogP contribution in [0.15, 0.2) is 24.3 Å². The number of pyridine rings is 1. The Hall–Kier alpha value is -1.84. The molecule has 0 saturated carbocycles. The van der Waals surface area contributed by atoms with Gasteiger partial charge in [-0.2, -0.15) is 0 Å². The van der Waals surface area contributed by atoms with Crippen LogP contribution >= 0.6 is 0 Å². The van der Waals surface area contributed by atoms with Crippen LogP contribution in [0, 0.1) is 0 Å². The first-order valence-corrected chi connectivity index (χ1v) is 3.32. The Kier molecular flexibility index (Phi) is 2.42. The van der Waals surface area contributed by atoms with Gasteiger partial charge in [0, 0.05) is 6.08 Å². The molecule has 0 fully saturated rings. The minimum atomic E-state index is -1.00. The summed E-state index contributed by atoms with van der Waals surface area (Å²) in [7, 11) is 0. The van der Waals surface area contributed by atoms with Gasteiger partial charge >= 0.3 is 5.97 Å². The van der Waals surface area contributed by atoms with E-state index in [-0.39, 0.29) is 0 Å². The van der Waals surface area contributed by atoms with Crippen molar-refractivity contribution < 1.29 is 9.90 Å². The van der Waals surface area contributed by atoms with E-state index >= 15 is 0 Å². The lowest BCUT2D eigenvalue weighted by Gasteiger charge is -1.92. The van der Waals surface area contributed by atoms with Crippen molar-refractivity contribution in [1.29, 1.82) is 0 Å². The summed E-state index contributed by atoms with van der Waals surface area (Å²) in [5, 5.41) is 8.30. The van der Waals surface area contributed by atoms with Gasteiger partial charge < -0.3 is 10.8 Å². The average Bonchev–Trinajstić information content (AvgIpc) is 2.01. The third-order valence-corrected chi connectivity index (χ3v) is 1.19. The Morgan fingerprint density at radius 3 is 2.92 bits per heavy atom. The molecular weight excluding hydrogens is 156 g/mol. The van der Waals surface area contributed by atoms with Crippen LogP contribution in [0.4, 0.5) is 5.82 Å². The maximum absolute atomic E-state index is 10.1. The van der Waals surface area contributed by atoms with Crippen LogP contribution in [-0.2, 0) is 4.79 Å². The highest BCUT2D eigenvalue weighted by Crippen LogP contribution is 2.01. The van der Waals surface area contributed by atoms with Crippen molar-refractivity contribution in [2.75, 3.05) is 5.73 Å². The fraction of sp³-hybridized carbons (Fsp3) is 0. The van der Waals surface area contributed by atoms with Crippen LogP contribution in [0.3, 0.4) is 0 Å². The fourth-order valence-corrected chi connectivity index (χ4v) is 0.718. The minimum absolute atomic E-state index is 0.377. The van der Waals surface area contributed by atoms with Crippen LogP contribution in [0.2, 0.25) is 0 Å². The van der Waals surface area contributed by atoms with Crippen molar-refractivity contribution in [3.8, 4) is 0 Å². The first-order chi connectivity index (χ1) is 5.68. The number of aliphatic carboxylic acids is 1. The number of nitrogens with two attached hydrogens (primary N) is 1. The van der Waals surface area contributed by atoms with E-state index in [0.29, 0.717) is 11.5 Å². The van der Waals surface area contributed by atoms with Crippen LogP contribution in [0.25, 0.3) is 6.08 Å². The first-order valence-electron chi connectivity index (χ1n) is 3.32. The highest BCUT2D eigenvalue weighted by molar-refractivity contribution is 5.84. The second-order valence-corrected chi connectivity index (χ2v) is 2.16. The Bertz CT molecular complexity index is 321. The molecule has 0 aliphatic heterocycles. The lowest BCUT2D eigenvalue weighted by Crippen LogP contribution is -1.91. The second kappa shape index (κ2) is 3.52. The molecule has 0 saturated heterocycles. The molecule has 0 aliphatic rings. The molecule has 1 aromatic heterocycles. The van der Waals surface area contributed by atoms with Gasteiger partial charge in [0.05, 0.1) is 5.69 Å². The normalized spacial score (nSPS) is 10.3. The summed E-state index contributed by atoms with van der Waals surface area (Å²) in [5.41, 5.74) is 5.91. The van der Waals surface area contributed by atoms with E-state index in [2.05, 4.69) is 4.98 Å². The molecule has 4 heteroatoms. The molecule has 0 bridgehead atoms. The molecular formula is C8H8N2O2. The van der Waals surface area contributed by atoms with Gasteiger partial charge in [0.1, 0.15) is 5.82 Å². The number of hydrogen-bond donors (Lipinski definition) is 2. The lowest BCUT2D eigenvalue weighted by atomic mass is 10.3. The van der Waals surface area contributed by atoms with Gasteiger partial charge in [-0.15, -0.1) is 0 Å². The predicted molar refractivity (Wildman–Crippen MR) is 45.3 cm³/mol. The van der Waals surface area contributed by atoms with Gasteiger partial charge in [-0.3, -0.25) is 0 Å². The van der Waals surface area contributed by atoms with Crippen molar-refractivity contribution in [2.24, 2.45) is 0 Å². The number of carboxylic acid groups (broad SMARTS) is 1. The van der Waals surface area contributed by atoms with E-state index in [9.17, 15) is 4.79 Å². The maximum Gasteiger partial charge on any atom is 0.328 e. The fourth-order valence-electron chi connectivity index (χ4n) is 0.718. The van der Waals surface area contributed by atoms with Gasteiger partial charge in [-0.25, -0.2) is 9.78 Å². The number of aromatic nitrogens is 1. The molecule has 1 rings (SSSR count). The Balaban J connectivity index is 2.83. The molecule has 12 heavy (non-hydrogen) atoms. The van der Waals surface area contributed by atoms with E-state index < -0.39 is 5.97 Å². The number of nitrogens with zero attached hydrogens (tertiary/aromatic N) is 1. The van der Waals surface area contributed by atoms with Crippen molar-refractivity contribution >= 4 is 17.9 Å². The molecule has 1 heterocycles. The highest BCUT2D eigenvalue weighted by Gasteiger charge is 1.90. The summed E-state index contributed by atoms with van der Waals surface area (Å²) in [5.74, 6) is -0.623. The molecule has 62 valence electrons. The highest BCUT2D eigenvalue weighted by atomic mass is 16.4. The van der Waals surface area contributed by atoms with Gasteiger partial charge in [-0.1, -0.05) is 6.07 Å². The maximum atomic E-state index is 10.1. The van der Waals surface area contributed by atoms with Gasteiger partial charge in [-0.05, 0) is 18.2 Å². The number of hydrogen-bond acceptors (Lipinski definition) is 3. The summed E-state index contributed by atoms with van der Waals surface area (Å²) >= 11 is 0. The topological polar surface area (TPSA) is 76.2 Å². The summed E-state index contributed by atoms with van der Waals surface area (Å²) < 4.78 is 0. The van der Waals surface area contributed by atoms with E-state index in [4.69, 9.17) is 10.8 Å². The number of rotatable bonds is 2. The quantitative estimate of drug-likeness (QED) is 0.633. The van der Waals surface area contributed by atoms with Gasteiger partial charge in [0.25, 0.3) is 0 Å². The molecule has 3 N–H and O–H groups in total. The Morgan fingerprint density at radius 2 is 2.33 bits per heavy atom. The molecule has 0 unspecified atom stereocenters. The Labute approximate surface area is 69.4 Å². The van der Waals surface area contributed by atoms with Gasteiger partial charge in [0.2, 0.25) is 0 Å². The first kappa shape index (κ1) is 8.26. The van der Waals surface area contributed by atoms with Crippen LogP contribution in [0.1, 0.15) is 5.69 Å². The van der Waals surface area contributed by atoms with E-state index in [1.165, 1.54) is 6.08 Å². The zero-order chi connectivity index (χ0) is 8.97. The standard InChI is InChI=1S/C8H8N2O2/c9-7-3-1-2-6(10-7)4-5-8(11)12/h1-5H,(H2,9,10)(H,11,12). The largest absolute Gasteiger partial charge is 0.478 e.